The Balaban J connectivity index is 1.90. The van der Waals surface area contributed by atoms with Gasteiger partial charge in [0.15, 0.2) is 0 Å². The third-order valence-corrected chi connectivity index (χ3v) is 4.21. The molecule has 0 amide bonds. The highest BCUT2D eigenvalue weighted by Crippen LogP contribution is 2.27. The quantitative estimate of drug-likeness (QED) is 0.855. The number of aromatic nitrogens is 1. The number of thiazole rings is 1. The summed E-state index contributed by atoms with van der Waals surface area (Å²) in [5.41, 5.74) is 0. The van der Waals surface area contributed by atoms with E-state index in [1.807, 2.05) is 11.6 Å². The van der Waals surface area contributed by atoms with Crippen molar-refractivity contribution < 1.29 is 5.11 Å². The highest BCUT2D eigenvalue weighted by Gasteiger charge is 2.23. The van der Waals surface area contributed by atoms with E-state index in [0.717, 1.165) is 25.9 Å². The minimum atomic E-state index is 0.347. The lowest BCUT2D eigenvalue weighted by Gasteiger charge is -2.34. The molecule has 0 spiro atoms. The van der Waals surface area contributed by atoms with E-state index in [2.05, 4.69) is 16.8 Å². The van der Waals surface area contributed by atoms with Crippen LogP contribution in [0, 0.1) is 5.92 Å². The lowest BCUT2D eigenvalue weighted by Crippen LogP contribution is -2.36. The second kappa shape index (κ2) is 5.05. The van der Waals surface area contributed by atoms with Crippen LogP contribution in [0.2, 0.25) is 0 Å². The maximum atomic E-state index is 9.07. The van der Waals surface area contributed by atoms with Gasteiger partial charge >= 0.3 is 0 Å². The van der Waals surface area contributed by atoms with E-state index >= 15 is 0 Å². The average Bonchev–Trinajstić information content (AvgIpc) is 2.82. The first-order valence-electron chi connectivity index (χ1n) is 5.55. The van der Waals surface area contributed by atoms with Gasteiger partial charge in [-0.3, -0.25) is 4.90 Å². The molecule has 1 N–H and O–H groups in total. The van der Waals surface area contributed by atoms with Crippen molar-refractivity contribution >= 4 is 11.3 Å². The van der Waals surface area contributed by atoms with Crippen molar-refractivity contribution in [3.8, 4) is 0 Å². The van der Waals surface area contributed by atoms with Crippen LogP contribution in [0.3, 0.4) is 0 Å². The predicted octanol–water partition coefficient (Wildman–Crippen LogP) is 1.91. The van der Waals surface area contributed by atoms with Gasteiger partial charge in [0.1, 0.15) is 5.01 Å². The Morgan fingerprint density at radius 2 is 2.33 bits per heavy atom. The number of hydrogen-bond donors (Lipinski definition) is 1. The van der Waals surface area contributed by atoms with Gasteiger partial charge < -0.3 is 5.11 Å². The summed E-state index contributed by atoms with van der Waals surface area (Å²) < 4.78 is 0. The van der Waals surface area contributed by atoms with Crippen LogP contribution < -0.4 is 0 Å². The van der Waals surface area contributed by atoms with Crippen molar-refractivity contribution in [3.05, 3.63) is 16.6 Å². The summed E-state index contributed by atoms with van der Waals surface area (Å²) in [6, 6.07) is 0.435. The zero-order valence-corrected chi connectivity index (χ0v) is 9.91. The number of hydrogen-bond acceptors (Lipinski definition) is 4. The zero-order chi connectivity index (χ0) is 10.7. The van der Waals surface area contributed by atoms with Crippen LogP contribution in [0.15, 0.2) is 11.6 Å². The largest absolute Gasteiger partial charge is 0.396 e. The van der Waals surface area contributed by atoms with Crippen LogP contribution in [0.1, 0.15) is 30.8 Å². The second-order valence-electron chi connectivity index (χ2n) is 4.21. The first-order chi connectivity index (χ1) is 7.31. The summed E-state index contributed by atoms with van der Waals surface area (Å²) in [5.74, 6) is 0.518. The van der Waals surface area contributed by atoms with Crippen LogP contribution in [0.5, 0.6) is 0 Å². The molecule has 0 aromatic carbocycles. The van der Waals surface area contributed by atoms with Crippen LogP contribution in [-0.4, -0.2) is 34.7 Å². The fourth-order valence-electron chi connectivity index (χ4n) is 2.12. The Morgan fingerprint density at radius 3 is 2.87 bits per heavy atom. The SMILES string of the molecule is C[C@H](c1nccs1)N1CCC(CO)CC1. The number of piperidine rings is 1. The van der Waals surface area contributed by atoms with E-state index in [9.17, 15) is 0 Å². The van der Waals surface area contributed by atoms with Crippen molar-refractivity contribution in [2.24, 2.45) is 5.92 Å². The zero-order valence-electron chi connectivity index (χ0n) is 9.09. The molecule has 0 radical (unpaired) electrons. The van der Waals surface area contributed by atoms with E-state index in [0.29, 0.717) is 18.6 Å². The summed E-state index contributed by atoms with van der Waals surface area (Å²) in [4.78, 5) is 6.82. The molecular weight excluding hydrogens is 208 g/mol. The lowest BCUT2D eigenvalue weighted by atomic mass is 9.97. The molecule has 1 aromatic rings. The Kier molecular flexibility index (Phi) is 3.72. The molecule has 1 fully saturated rings. The summed E-state index contributed by atoms with van der Waals surface area (Å²) >= 11 is 1.73. The smallest absolute Gasteiger partial charge is 0.109 e. The van der Waals surface area contributed by atoms with Crippen LogP contribution in [0.4, 0.5) is 0 Å². The van der Waals surface area contributed by atoms with Gasteiger partial charge in [-0.25, -0.2) is 4.98 Å². The summed E-state index contributed by atoms with van der Waals surface area (Å²) in [7, 11) is 0. The number of likely N-dealkylation sites (tertiary alicyclic amines) is 1. The molecule has 3 nitrogen and oxygen atoms in total. The third-order valence-electron chi connectivity index (χ3n) is 3.26. The molecule has 15 heavy (non-hydrogen) atoms. The van der Waals surface area contributed by atoms with Crippen LogP contribution >= 0.6 is 11.3 Å². The summed E-state index contributed by atoms with van der Waals surface area (Å²) in [5, 5.41) is 12.3. The third kappa shape index (κ3) is 2.56. The number of rotatable bonds is 3. The van der Waals surface area contributed by atoms with Crippen molar-refractivity contribution in [1.82, 2.24) is 9.88 Å². The van der Waals surface area contributed by atoms with E-state index in [4.69, 9.17) is 5.11 Å². The molecule has 84 valence electrons. The van der Waals surface area contributed by atoms with Crippen molar-refractivity contribution in [2.45, 2.75) is 25.8 Å². The fourth-order valence-corrected chi connectivity index (χ4v) is 2.85. The predicted molar refractivity (Wildman–Crippen MR) is 61.9 cm³/mol. The molecule has 1 aliphatic rings. The first-order valence-corrected chi connectivity index (χ1v) is 6.43. The molecule has 0 aliphatic carbocycles. The van der Waals surface area contributed by atoms with E-state index in [1.165, 1.54) is 5.01 Å². The van der Waals surface area contributed by atoms with E-state index < -0.39 is 0 Å². The van der Waals surface area contributed by atoms with Gasteiger partial charge in [0.2, 0.25) is 0 Å². The molecule has 2 rings (SSSR count). The Morgan fingerprint density at radius 1 is 1.60 bits per heavy atom. The van der Waals surface area contributed by atoms with Gasteiger partial charge in [0.25, 0.3) is 0 Å². The van der Waals surface area contributed by atoms with Crippen molar-refractivity contribution in [3.63, 3.8) is 0 Å². The highest BCUT2D eigenvalue weighted by atomic mass is 32.1. The van der Waals surface area contributed by atoms with Crippen molar-refractivity contribution in [2.75, 3.05) is 19.7 Å². The van der Waals surface area contributed by atoms with Gasteiger partial charge in [-0.2, -0.15) is 0 Å². The fraction of sp³-hybridized carbons (Fsp3) is 0.727. The van der Waals surface area contributed by atoms with Crippen LogP contribution in [0.25, 0.3) is 0 Å². The molecule has 0 unspecified atom stereocenters. The van der Waals surface area contributed by atoms with Crippen molar-refractivity contribution in [1.29, 1.82) is 0 Å². The Labute approximate surface area is 94.8 Å². The molecule has 2 heterocycles. The van der Waals surface area contributed by atoms with Gasteiger partial charge in [0, 0.05) is 18.2 Å². The van der Waals surface area contributed by atoms with Gasteiger partial charge in [0.05, 0.1) is 6.04 Å². The number of aliphatic hydroxyl groups is 1. The standard InChI is InChI=1S/C11H18N2OS/c1-9(11-12-4-7-15-11)13-5-2-10(8-14)3-6-13/h4,7,9-10,14H,2-3,5-6,8H2,1H3/t9-/m1/s1. The summed E-state index contributed by atoms with van der Waals surface area (Å²) in [6.45, 7) is 4.75. The molecule has 4 heteroatoms. The number of aliphatic hydroxyl groups excluding tert-OH is 1. The topological polar surface area (TPSA) is 36.4 Å². The Hall–Kier alpha value is -0.450. The molecular formula is C11H18N2OS. The monoisotopic (exact) mass is 226 g/mol. The van der Waals surface area contributed by atoms with Gasteiger partial charge in [-0.15, -0.1) is 11.3 Å². The normalized spacial score (nSPS) is 21.7. The minimum absolute atomic E-state index is 0.347. The molecule has 1 aromatic heterocycles. The maximum absolute atomic E-state index is 9.07. The molecule has 0 bridgehead atoms. The van der Waals surface area contributed by atoms with Crippen LogP contribution in [-0.2, 0) is 0 Å². The second-order valence-corrected chi connectivity index (χ2v) is 5.13. The molecule has 0 saturated carbocycles. The Bertz CT molecular complexity index is 281. The average molecular weight is 226 g/mol. The first kappa shape index (κ1) is 11.0. The van der Waals surface area contributed by atoms with E-state index in [1.54, 1.807) is 11.3 Å². The maximum Gasteiger partial charge on any atom is 0.109 e. The molecule has 1 atom stereocenters. The molecule has 1 aliphatic heterocycles. The summed E-state index contributed by atoms with van der Waals surface area (Å²) in [6.07, 6.45) is 4.11. The number of nitrogens with zero attached hydrogens (tertiary/aromatic N) is 2. The van der Waals surface area contributed by atoms with Gasteiger partial charge in [-0.05, 0) is 38.8 Å². The minimum Gasteiger partial charge on any atom is -0.396 e. The molecule has 1 saturated heterocycles. The van der Waals surface area contributed by atoms with E-state index in [-0.39, 0.29) is 0 Å². The van der Waals surface area contributed by atoms with Gasteiger partial charge in [-0.1, -0.05) is 0 Å². The lowest BCUT2D eigenvalue weighted by molar-refractivity contribution is 0.106. The highest BCUT2D eigenvalue weighted by molar-refractivity contribution is 7.09.